The van der Waals surface area contributed by atoms with Gasteiger partial charge in [0.25, 0.3) is 10.0 Å². The van der Waals surface area contributed by atoms with E-state index in [2.05, 4.69) is 5.32 Å². The van der Waals surface area contributed by atoms with E-state index < -0.39 is 34.4 Å². The van der Waals surface area contributed by atoms with Crippen LogP contribution < -0.4 is 23.8 Å². The molecule has 0 spiro atoms. The molecule has 0 saturated carbocycles. The van der Waals surface area contributed by atoms with E-state index in [1.54, 1.807) is 49.4 Å². The van der Waals surface area contributed by atoms with Gasteiger partial charge < -0.3 is 24.4 Å². The molecule has 0 fully saturated rings. The molecule has 0 bridgehead atoms. The fourth-order valence-electron chi connectivity index (χ4n) is 4.41. The molecule has 0 aromatic heterocycles. The molecule has 2 amide bonds. The number of ether oxygens (including phenoxy) is 3. The normalized spacial score (nSPS) is 12.5. The minimum atomic E-state index is -4.37. The fourth-order valence-corrected chi connectivity index (χ4v) is 6.36. The molecule has 3 aromatic rings. The molecule has 10 nitrogen and oxygen atoms in total. The number of benzene rings is 3. The van der Waals surface area contributed by atoms with Crippen LogP contribution in [0.25, 0.3) is 0 Å². The van der Waals surface area contributed by atoms with Crippen molar-refractivity contribution in [2.75, 3.05) is 31.7 Å². The van der Waals surface area contributed by atoms with E-state index in [-0.39, 0.29) is 28.9 Å². The largest absolute Gasteiger partial charge is 0.494 e. The molecule has 0 aliphatic carbocycles. The third-order valence-corrected chi connectivity index (χ3v) is 9.69. The lowest BCUT2D eigenvalue weighted by atomic mass is 10.1. The molecule has 1 N–H and O–H groups in total. The van der Waals surface area contributed by atoms with E-state index in [0.29, 0.717) is 40.1 Å². The zero-order valence-electron chi connectivity index (χ0n) is 26.2. The average molecular weight is 681 g/mol. The first-order valence-electron chi connectivity index (χ1n) is 14.4. The van der Waals surface area contributed by atoms with Crippen LogP contribution in [-0.2, 0) is 26.2 Å². The Labute approximate surface area is 275 Å². The maximum Gasteiger partial charge on any atom is 0.264 e. The highest BCUT2D eigenvalue weighted by Crippen LogP contribution is 2.33. The highest BCUT2D eigenvalue weighted by atomic mass is 35.5. The van der Waals surface area contributed by atoms with Crippen molar-refractivity contribution in [2.24, 2.45) is 0 Å². The van der Waals surface area contributed by atoms with E-state index in [1.165, 1.54) is 37.3 Å². The van der Waals surface area contributed by atoms with Crippen molar-refractivity contribution >= 4 is 50.7 Å². The summed E-state index contributed by atoms with van der Waals surface area (Å²) in [5.41, 5.74) is 0.627. The van der Waals surface area contributed by atoms with Crippen LogP contribution in [0.2, 0.25) is 10.0 Å². The molecule has 0 aliphatic heterocycles. The van der Waals surface area contributed by atoms with Crippen molar-refractivity contribution in [3.05, 3.63) is 76.3 Å². The van der Waals surface area contributed by atoms with E-state index >= 15 is 0 Å². The van der Waals surface area contributed by atoms with E-state index in [0.717, 1.165) is 4.31 Å². The van der Waals surface area contributed by atoms with Crippen molar-refractivity contribution in [3.63, 3.8) is 0 Å². The van der Waals surface area contributed by atoms with Crippen LogP contribution in [0, 0.1) is 0 Å². The first-order chi connectivity index (χ1) is 21.4. The highest BCUT2D eigenvalue weighted by Gasteiger charge is 2.34. The third-order valence-electron chi connectivity index (χ3n) is 7.22. The van der Waals surface area contributed by atoms with Gasteiger partial charge in [-0.1, -0.05) is 36.2 Å². The predicted molar refractivity (Wildman–Crippen MR) is 176 cm³/mol. The van der Waals surface area contributed by atoms with Crippen molar-refractivity contribution in [2.45, 2.75) is 57.6 Å². The predicted octanol–water partition coefficient (Wildman–Crippen LogP) is 5.94. The fraction of sp³-hybridized carbons (Fsp3) is 0.375. The highest BCUT2D eigenvalue weighted by molar-refractivity contribution is 7.92. The zero-order chi connectivity index (χ0) is 33.3. The van der Waals surface area contributed by atoms with Gasteiger partial charge in [0.2, 0.25) is 11.8 Å². The minimum absolute atomic E-state index is 0.134. The van der Waals surface area contributed by atoms with Gasteiger partial charge in [0.05, 0.1) is 31.4 Å². The number of rotatable bonds is 15. The van der Waals surface area contributed by atoms with Gasteiger partial charge in [0, 0.05) is 34.3 Å². The Hall–Kier alpha value is -3.67. The van der Waals surface area contributed by atoms with Gasteiger partial charge in [0.15, 0.2) is 11.5 Å². The maximum atomic E-state index is 14.2. The topological polar surface area (TPSA) is 114 Å². The molecule has 0 radical (unpaired) electrons. The average Bonchev–Trinajstić information content (AvgIpc) is 3.03. The minimum Gasteiger partial charge on any atom is -0.494 e. The van der Waals surface area contributed by atoms with Gasteiger partial charge >= 0.3 is 0 Å². The number of hydrogen-bond acceptors (Lipinski definition) is 7. The third kappa shape index (κ3) is 8.74. The second-order valence-corrected chi connectivity index (χ2v) is 12.8. The number of nitrogens with zero attached hydrogens (tertiary/aromatic N) is 2. The van der Waals surface area contributed by atoms with Crippen molar-refractivity contribution in [1.29, 1.82) is 0 Å². The summed E-state index contributed by atoms with van der Waals surface area (Å²) in [5.74, 6) is -0.000663. The van der Waals surface area contributed by atoms with Crippen molar-refractivity contribution in [3.8, 4) is 17.2 Å². The molecule has 3 aromatic carbocycles. The Bertz CT molecular complexity index is 1570. The Morgan fingerprint density at radius 2 is 1.53 bits per heavy atom. The second kappa shape index (κ2) is 16.1. The molecular formula is C32H39Cl2N3O7S. The SMILES string of the molecule is CCOc1ccc(N(CC(=O)N(Cc2c(Cl)cccc2Cl)[C@@H](C)C(=O)N[C@@H](C)CC)S(=O)(=O)c2ccc(OC)c(OC)c2)cc1. The first kappa shape index (κ1) is 35.8. The molecule has 3 rings (SSSR count). The zero-order valence-corrected chi connectivity index (χ0v) is 28.5. The lowest BCUT2D eigenvalue weighted by Crippen LogP contribution is -2.52. The standard InChI is InChI=1S/C32H39Cl2N3O7S/c1-7-21(3)35-32(39)22(4)36(19-26-27(33)10-9-11-28(26)34)31(38)20-37(23-12-14-24(15-13-23)44-8-2)45(40,41)25-16-17-29(42-5)30(18-25)43-6/h9-18,21-22H,7-8,19-20H2,1-6H3,(H,35,39)/t21-,22-/m0/s1. The van der Waals surface area contributed by atoms with Gasteiger partial charge in [-0.3, -0.25) is 13.9 Å². The summed E-state index contributed by atoms with van der Waals surface area (Å²) < 4.78 is 45.6. The lowest BCUT2D eigenvalue weighted by Gasteiger charge is -2.33. The van der Waals surface area contributed by atoms with Gasteiger partial charge in [-0.05, 0) is 75.7 Å². The Morgan fingerprint density at radius 3 is 2.09 bits per heavy atom. The van der Waals surface area contributed by atoms with Crippen LogP contribution in [0.1, 0.15) is 39.7 Å². The van der Waals surface area contributed by atoms with E-state index in [9.17, 15) is 18.0 Å². The number of sulfonamides is 1. The molecule has 2 atom stereocenters. The van der Waals surface area contributed by atoms with Gasteiger partial charge in [-0.25, -0.2) is 8.42 Å². The summed E-state index contributed by atoms with van der Waals surface area (Å²) in [4.78, 5) is 28.6. The summed E-state index contributed by atoms with van der Waals surface area (Å²) in [6, 6.07) is 14.3. The Kier molecular flexibility index (Phi) is 12.8. The van der Waals surface area contributed by atoms with E-state index in [1.807, 2.05) is 20.8 Å². The maximum absolute atomic E-state index is 14.2. The number of amides is 2. The van der Waals surface area contributed by atoms with Crippen LogP contribution in [0.4, 0.5) is 5.69 Å². The molecule has 0 saturated heterocycles. The van der Waals surface area contributed by atoms with E-state index in [4.69, 9.17) is 37.4 Å². The van der Waals surface area contributed by atoms with Gasteiger partial charge in [-0.2, -0.15) is 0 Å². The van der Waals surface area contributed by atoms with Crippen molar-refractivity contribution in [1.82, 2.24) is 10.2 Å². The summed E-state index contributed by atoms with van der Waals surface area (Å²) in [6.07, 6.45) is 0.678. The first-order valence-corrected chi connectivity index (χ1v) is 16.6. The molecular weight excluding hydrogens is 641 g/mol. The quantitative estimate of drug-likeness (QED) is 0.212. The van der Waals surface area contributed by atoms with Crippen LogP contribution in [-0.4, -0.2) is 64.6 Å². The lowest BCUT2D eigenvalue weighted by molar-refractivity contribution is -0.139. The molecule has 244 valence electrons. The van der Waals surface area contributed by atoms with Gasteiger partial charge in [-0.15, -0.1) is 0 Å². The number of hydrogen-bond donors (Lipinski definition) is 1. The summed E-state index contributed by atoms with van der Waals surface area (Å²) in [6.45, 7) is 6.82. The monoisotopic (exact) mass is 679 g/mol. The Morgan fingerprint density at radius 1 is 0.911 bits per heavy atom. The molecule has 0 heterocycles. The Balaban J connectivity index is 2.12. The van der Waals surface area contributed by atoms with Crippen molar-refractivity contribution < 1.29 is 32.2 Å². The summed E-state index contributed by atoms with van der Waals surface area (Å²) >= 11 is 12.9. The molecule has 0 aliphatic rings. The van der Waals surface area contributed by atoms with Crippen LogP contribution >= 0.6 is 23.2 Å². The van der Waals surface area contributed by atoms with Crippen LogP contribution in [0.5, 0.6) is 17.2 Å². The summed E-state index contributed by atoms with van der Waals surface area (Å²) in [5, 5.41) is 3.50. The second-order valence-electron chi connectivity index (χ2n) is 10.2. The van der Waals surface area contributed by atoms with Crippen LogP contribution in [0.15, 0.2) is 65.6 Å². The number of carbonyl (C=O) groups excluding carboxylic acids is 2. The molecule has 13 heteroatoms. The number of anilines is 1. The summed E-state index contributed by atoms with van der Waals surface area (Å²) in [7, 11) is -1.53. The van der Waals surface area contributed by atoms with Gasteiger partial charge in [0.1, 0.15) is 18.3 Å². The number of methoxy groups -OCH3 is 2. The molecule has 45 heavy (non-hydrogen) atoms. The molecule has 0 unspecified atom stereocenters. The number of carbonyl (C=O) groups is 2. The number of nitrogens with one attached hydrogen (secondary N) is 1. The number of halogens is 2. The smallest absolute Gasteiger partial charge is 0.264 e. The van der Waals surface area contributed by atoms with Crippen LogP contribution in [0.3, 0.4) is 0 Å².